The van der Waals surface area contributed by atoms with Crippen LogP contribution in [0.25, 0.3) is 0 Å². The normalized spacial score (nSPS) is 16.1. The average Bonchev–Trinajstić information content (AvgIpc) is 2.58. The van der Waals surface area contributed by atoms with Gasteiger partial charge in [-0.15, -0.1) is 0 Å². The number of rotatable bonds is 10. The number of carboxylic acid groups (broad SMARTS) is 1. The Kier molecular flexibility index (Phi) is 7.60. The average molecular weight is 518 g/mol. The van der Waals surface area contributed by atoms with E-state index in [9.17, 15) is 79.4 Å². The zero-order valence-electron chi connectivity index (χ0n) is 14.6. The molecule has 2 nitrogen and oxygen atoms in total. The van der Waals surface area contributed by atoms with E-state index in [1.165, 1.54) is 0 Å². The van der Waals surface area contributed by atoms with Crippen molar-refractivity contribution in [2.24, 2.45) is 0 Å². The second-order valence-corrected chi connectivity index (χ2v) is 5.89. The van der Waals surface area contributed by atoms with Gasteiger partial charge in [0.15, 0.2) is 11.7 Å². The first-order valence-electron chi connectivity index (χ1n) is 7.32. The SMILES string of the molecule is CCC(F)C(F)(F)C(F)(F)C(F)(F)C(F)(F)C(F)(F)C(F)(F)C(F)(F)C(C(=O)O)=C(F)F. The third-order valence-corrected chi connectivity index (χ3v) is 3.86. The molecular formula is C13H7F17O2. The zero-order valence-corrected chi connectivity index (χ0v) is 14.6. The fourth-order valence-corrected chi connectivity index (χ4v) is 1.94. The molecule has 0 fully saturated rings. The molecule has 0 bridgehead atoms. The summed E-state index contributed by atoms with van der Waals surface area (Å²) in [7, 11) is 0. The van der Waals surface area contributed by atoms with Crippen LogP contribution in [0.2, 0.25) is 0 Å². The van der Waals surface area contributed by atoms with E-state index in [0.29, 0.717) is 0 Å². The highest BCUT2D eigenvalue weighted by atomic mass is 19.4. The number of carbonyl (C=O) groups is 1. The topological polar surface area (TPSA) is 37.3 Å². The first kappa shape index (κ1) is 30.0. The molecule has 0 aromatic carbocycles. The fraction of sp³-hybridized carbons (Fsp3) is 0.769. The Morgan fingerprint density at radius 3 is 1.28 bits per heavy atom. The van der Waals surface area contributed by atoms with E-state index in [2.05, 4.69) is 0 Å². The number of halogens is 17. The number of alkyl halides is 15. The van der Waals surface area contributed by atoms with Crippen LogP contribution >= 0.6 is 0 Å². The fourth-order valence-electron chi connectivity index (χ4n) is 1.94. The molecule has 1 unspecified atom stereocenters. The van der Waals surface area contributed by atoms with E-state index >= 15 is 0 Å². The van der Waals surface area contributed by atoms with Gasteiger partial charge in [-0.25, -0.2) is 9.18 Å². The molecule has 0 rings (SSSR count). The lowest BCUT2D eigenvalue weighted by Gasteiger charge is -2.43. The molecule has 0 saturated heterocycles. The molecule has 0 spiro atoms. The molecule has 0 amide bonds. The van der Waals surface area contributed by atoms with E-state index in [4.69, 9.17) is 5.11 Å². The molecule has 1 atom stereocenters. The lowest BCUT2D eigenvalue weighted by molar-refractivity contribution is -0.441. The van der Waals surface area contributed by atoms with E-state index in [1.54, 1.807) is 0 Å². The zero-order chi connectivity index (χ0) is 26.5. The highest BCUT2D eigenvalue weighted by Gasteiger charge is 2.93. The lowest BCUT2D eigenvalue weighted by atomic mass is 9.86. The molecule has 0 aromatic rings. The maximum absolute atomic E-state index is 13.5. The van der Waals surface area contributed by atoms with Crippen LogP contribution in [0.3, 0.4) is 0 Å². The molecule has 0 aliphatic rings. The summed E-state index contributed by atoms with van der Waals surface area (Å²) in [6.07, 6.45) is -10.7. The van der Waals surface area contributed by atoms with Crippen LogP contribution in [0, 0.1) is 0 Å². The number of carboxylic acids is 1. The van der Waals surface area contributed by atoms with Crippen LogP contribution in [0.15, 0.2) is 11.7 Å². The highest BCUT2D eigenvalue weighted by molar-refractivity contribution is 5.89. The Hall–Kier alpha value is -1.98. The van der Waals surface area contributed by atoms with Gasteiger partial charge in [0.25, 0.3) is 6.08 Å². The third-order valence-electron chi connectivity index (χ3n) is 3.86. The Morgan fingerprint density at radius 1 is 0.688 bits per heavy atom. The molecule has 190 valence electrons. The van der Waals surface area contributed by atoms with Gasteiger partial charge in [0.05, 0.1) is 0 Å². The van der Waals surface area contributed by atoms with Crippen molar-refractivity contribution in [2.45, 2.75) is 61.0 Å². The van der Waals surface area contributed by atoms with E-state index in [0.717, 1.165) is 0 Å². The summed E-state index contributed by atoms with van der Waals surface area (Å²) in [6, 6.07) is 0. The van der Waals surface area contributed by atoms with Crippen LogP contribution in [-0.2, 0) is 4.79 Å². The van der Waals surface area contributed by atoms with Gasteiger partial charge >= 0.3 is 47.4 Å². The van der Waals surface area contributed by atoms with Crippen molar-refractivity contribution in [3.63, 3.8) is 0 Å². The molecule has 0 aliphatic carbocycles. The van der Waals surface area contributed by atoms with Gasteiger partial charge < -0.3 is 5.11 Å². The predicted octanol–water partition coefficient (Wildman–Crippen LogP) is 6.42. The van der Waals surface area contributed by atoms with Gasteiger partial charge in [-0.1, -0.05) is 6.92 Å². The molecule has 0 aromatic heterocycles. The van der Waals surface area contributed by atoms with Crippen molar-refractivity contribution in [1.29, 1.82) is 0 Å². The Morgan fingerprint density at radius 2 is 1.00 bits per heavy atom. The van der Waals surface area contributed by atoms with Crippen LogP contribution in [0.5, 0.6) is 0 Å². The van der Waals surface area contributed by atoms with Crippen molar-refractivity contribution in [3.05, 3.63) is 11.7 Å². The maximum atomic E-state index is 13.5. The Labute approximate surface area is 164 Å². The van der Waals surface area contributed by atoms with Crippen molar-refractivity contribution in [1.82, 2.24) is 0 Å². The summed E-state index contributed by atoms with van der Waals surface area (Å²) in [5, 5.41) is 8.00. The standard InChI is InChI=1S/C13H7F17O2/c1-2-3(14)7(17,18)9(21,22)11(25,26)13(29,30)12(27,28)10(23,24)8(19,20)4(5(15)16)6(31)32/h3H,2H2,1H3,(H,31,32). The third kappa shape index (κ3) is 3.73. The maximum Gasteiger partial charge on any atom is 0.385 e. The summed E-state index contributed by atoms with van der Waals surface area (Å²) >= 11 is 0. The lowest BCUT2D eigenvalue weighted by Crippen LogP contribution is -2.74. The summed E-state index contributed by atoms with van der Waals surface area (Å²) < 4.78 is 225. The molecule has 0 heterocycles. The predicted molar refractivity (Wildman–Crippen MR) is 66.7 cm³/mol. The van der Waals surface area contributed by atoms with Crippen LogP contribution < -0.4 is 0 Å². The minimum Gasteiger partial charge on any atom is -0.478 e. The van der Waals surface area contributed by atoms with Gasteiger partial charge in [-0.2, -0.15) is 70.2 Å². The smallest absolute Gasteiger partial charge is 0.385 e. The largest absolute Gasteiger partial charge is 0.478 e. The Bertz CT molecular complexity index is 750. The van der Waals surface area contributed by atoms with E-state index < -0.39 is 71.7 Å². The summed E-state index contributed by atoms with van der Waals surface area (Å²) in [4.78, 5) is 10.2. The number of hydrogen-bond acceptors (Lipinski definition) is 1. The summed E-state index contributed by atoms with van der Waals surface area (Å²) in [6.45, 7) is 0.236. The number of hydrogen-bond donors (Lipinski definition) is 1. The van der Waals surface area contributed by atoms with Gasteiger partial charge in [0, 0.05) is 0 Å². The minimum atomic E-state index is -8.64. The van der Waals surface area contributed by atoms with Gasteiger partial charge in [-0.3, -0.25) is 0 Å². The molecule has 1 N–H and O–H groups in total. The van der Waals surface area contributed by atoms with E-state index in [1.807, 2.05) is 0 Å². The van der Waals surface area contributed by atoms with Crippen LogP contribution in [0.1, 0.15) is 13.3 Å². The van der Waals surface area contributed by atoms with Gasteiger partial charge in [0.2, 0.25) is 0 Å². The highest BCUT2D eigenvalue weighted by Crippen LogP contribution is 2.63. The second kappa shape index (κ2) is 8.11. The van der Waals surface area contributed by atoms with Crippen LogP contribution in [-0.4, -0.2) is 58.7 Å². The van der Waals surface area contributed by atoms with Crippen molar-refractivity contribution >= 4 is 5.97 Å². The second-order valence-electron chi connectivity index (χ2n) is 5.89. The molecule has 32 heavy (non-hydrogen) atoms. The molecule has 0 aliphatic heterocycles. The first-order chi connectivity index (χ1) is 13.7. The van der Waals surface area contributed by atoms with Crippen molar-refractivity contribution in [2.75, 3.05) is 0 Å². The van der Waals surface area contributed by atoms with Crippen molar-refractivity contribution in [3.8, 4) is 0 Å². The van der Waals surface area contributed by atoms with Gasteiger partial charge in [-0.05, 0) is 6.42 Å². The van der Waals surface area contributed by atoms with E-state index in [-0.39, 0.29) is 6.92 Å². The van der Waals surface area contributed by atoms with Crippen LogP contribution in [0.4, 0.5) is 74.6 Å². The Balaban J connectivity index is 6.98. The molecule has 19 heteroatoms. The summed E-state index contributed by atoms with van der Waals surface area (Å²) in [5.74, 6) is -60.5. The minimum absolute atomic E-state index is 0.236. The summed E-state index contributed by atoms with van der Waals surface area (Å²) in [5.41, 5.74) is -4.33. The monoisotopic (exact) mass is 518 g/mol. The first-order valence-corrected chi connectivity index (χ1v) is 7.32. The number of aliphatic carboxylic acids is 1. The molecule has 0 radical (unpaired) electrons. The molecule has 0 saturated carbocycles. The van der Waals surface area contributed by atoms with Crippen molar-refractivity contribution < 1.29 is 84.5 Å². The van der Waals surface area contributed by atoms with Gasteiger partial charge in [0.1, 0.15) is 0 Å². The quantitative estimate of drug-likeness (QED) is 0.268. The molecular weight excluding hydrogens is 511 g/mol.